The first kappa shape index (κ1) is 15.2. The highest BCUT2D eigenvalue weighted by atomic mass is 35.5. The van der Waals surface area contributed by atoms with Gasteiger partial charge in [-0.3, -0.25) is 0 Å². The van der Waals surface area contributed by atoms with Crippen molar-refractivity contribution in [2.45, 2.75) is 43.3 Å². The molecule has 0 amide bonds. The van der Waals surface area contributed by atoms with Crippen molar-refractivity contribution in [1.29, 1.82) is 0 Å². The van der Waals surface area contributed by atoms with Crippen LogP contribution in [0.25, 0.3) is 0 Å². The van der Waals surface area contributed by atoms with Crippen molar-refractivity contribution in [3.63, 3.8) is 0 Å². The van der Waals surface area contributed by atoms with Gasteiger partial charge in [0, 0.05) is 18.3 Å². The fourth-order valence-corrected chi connectivity index (χ4v) is 3.17. The fraction of sp³-hybridized carbons (Fsp3) is 0.357. The maximum atomic E-state index is 6.14. The first-order valence-corrected chi connectivity index (χ1v) is 7.76. The minimum atomic E-state index is 0.443. The lowest BCUT2D eigenvalue weighted by atomic mass is 10.0. The van der Waals surface area contributed by atoms with Gasteiger partial charge in [0.15, 0.2) is 0 Å². The Hall–Kier alpha value is -1.17. The molecule has 2 rings (SSSR count). The lowest BCUT2D eigenvalue weighted by Crippen LogP contribution is -2.10. The van der Waals surface area contributed by atoms with E-state index in [9.17, 15) is 0 Å². The molecule has 0 bridgehead atoms. The third-order valence-corrected chi connectivity index (χ3v) is 4.50. The largest absolute Gasteiger partial charge is 0.326 e. The molecule has 0 atom stereocenters. The van der Waals surface area contributed by atoms with Gasteiger partial charge in [-0.2, -0.15) is 5.10 Å². The van der Waals surface area contributed by atoms with Gasteiger partial charge >= 0.3 is 0 Å². The summed E-state index contributed by atoms with van der Waals surface area (Å²) in [4.78, 5) is 4.27. The van der Waals surface area contributed by atoms with E-state index in [4.69, 9.17) is 17.3 Å². The molecule has 0 spiro atoms. The van der Waals surface area contributed by atoms with Crippen LogP contribution in [0.5, 0.6) is 0 Å². The van der Waals surface area contributed by atoms with Crippen LogP contribution in [0.2, 0.25) is 5.02 Å². The van der Waals surface area contributed by atoms with Gasteiger partial charge in [-0.25, -0.2) is 4.98 Å². The van der Waals surface area contributed by atoms with Crippen LogP contribution in [0, 0.1) is 0 Å². The van der Waals surface area contributed by atoms with Gasteiger partial charge in [-0.1, -0.05) is 25.4 Å². The summed E-state index contributed by atoms with van der Waals surface area (Å²) in [6.45, 7) is 4.63. The predicted molar refractivity (Wildman–Crippen MR) is 82.0 cm³/mol. The van der Waals surface area contributed by atoms with E-state index >= 15 is 0 Å². The molecule has 2 N–H and O–H groups in total. The molecule has 0 saturated heterocycles. The van der Waals surface area contributed by atoms with Crippen molar-refractivity contribution in [3.8, 4) is 0 Å². The molecule has 0 radical (unpaired) electrons. The first-order chi connectivity index (χ1) is 9.71. The molecule has 4 nitrogen and oxygen atoms in total. The van der Waals surface area contributed by atoms with Crippen LogP contribution in [0.1, 0.15) is 30.7 Å². The number of nitrogens with two attached hydrogens (primary N) is 1. The summed E-state index contributed by atoms with van der Waals surface area (Å²) in [6, 6.07) is 3.62. The van der Waals surface area contributed by atoms with E-state index in [1.54, 1.807) is 12.3 Å². The molecule has 2 aromatic heterocycles. The zero-order valence-corrected chi connectivity index (χ0v) is 13.1. The minimum Gasteiger partial charge on any atom is -0.326 e. The monoisotopic (exact) mass is 308 g/mol. The Morgan fingerprint density at radius 2 is 1.95 bits per heavy atom. The average Bonchev–Trinajstić information content (AvgIpc) is 2.48. The first-order valence-electron chi connectivity index (χ1n) is 6.56. The normalized spacial score (nSPS) is 10.8. The Bertz CT molecular complexity index is 604. The van der Waals surface area contributed by atoms with Crippen molar-refractivity contribution in [2.24, 2.45) is 5.73 Å². The second kappa shape index (κ2) is 7.02. The minimum absolute atomic E-state index is 0.443. The summed E-state index contributed by atoms with van der Waals surface area (Å²) in [5.41, 5.74) is 9.17. The van der Waals surface area contributed by atoms with Gasteiger partial charge in [0.1, 0.15) is 10.1 Å². The highest BCUT2D eigenvalue weighted by Gasteiger charge is 2.15. The van der Waals surface area contributed by atoms with Gasteiger partial charge in [-0.15, -0.1) is 5.10 Å². The van der Waals surface area contributed by atoms with Gasteiger partial charge in [0.2, 0.25) is 0 Å². The van der Waals surface area contributed by atoms with Gasteiger partial charge in [0.25, 0.3) is 0 Å². The second-order valence-corrected chi connectivity index (χ2v) is 5.60. The number of aromatic nitrogens is 3. The molecule has 0 aliphatic carbocycles. The van der Waals surface area contributed by atoms with Crippen LogP contribution >= 0.6 is 23.4 Å². The van der Waals surface area contributed by atoms with Crippen molar-refractivity contribution in [2.75, 3.05) is 0 Å². The Morgan fingerprint density at radius 1 is 1.15 bits per heavy atom. The van der Waals surface area contributed by atoms with Crippen LogP contribution in [0.15, 0.2) is 28.4 Å². The number of rotatable bonds is 5. The van der Waals surface area contributed by atoms with Crippen molar-refractivity contribution >= 4 is 23.4 Å². The molecule has 0 aliphatic rings. The summed E-state index contributed by atoms with van der Waals surface area (Å²) < 4.78 is 0. The highest BCUT2D eigenvalue weighted by molar-refractivity contribution is 7.99. The van der Waals surface area contributed by atoms with Crippen molar-refractivity contribution in [3.05, 3.63) is 40.2 Å². The summed E-state index contributed by atoms with van der Waals surface area (Å²) >= 11 is 7.56. The number of pyridine rings is 1. The second-order valence-electron chi connectivity index (χ2n) is 4.21. The van der Waals surface area contributed by atoms with Crippen LogP contribution in [0.4, 0.5) is 0 Å². The average molecular weight is 309 g/mol. The molecular weight excluding hydrogens is 292 g/mol. The topological polar surface area (TPSA) is 64.7 Å². The van der Waals surface area contributed by atoms with E-state index in [0.717, 1.165) is 34.2 Å². The summed E-state index contributed by atoms with van der Waals surface area (Å²) in [5.74, 6) is 0. The molecule has 0 saturated carbocycles. The number of hydrogen-bond donors (Lipinski definition) is 1. The number of aryl methyl sites for hydroxylation is 1. The molecule has 6 heteroatoms. The van der Waals surface area contributed by atoms with E-state index in [1.165, 1.54) is 17.3 Å². The van der Waals surface area contributed by atoms with Crippen molar-refractivity contribution in [1.82, 2.24) is 15.2 Å². The Morgan fingerprint density at radius 3 is 2.55 bits per heavy atom. The molecule has 106 valence electrons. The number of halogens is 1. The molecule has 0 aliphatic heterocycles. The maximum Gasteiger partial charge on any atom is 0.130 e. The van der Waals surface area contributed by atoms with E-state index < -0.39 is 0 Å². The summed E-state index contributed by atoms with van der Waals surface area (Å²) in [7, 11) is 0. The molecule has 0 aromatic carbocycles. The predicted octanol–water partition coefficient (Wildman–Crippen LogP) is 3.26. The number of hydrogen-bond acceptors (Lipinski definition) is 5. The van der Waals surface area contributed by atoms with Gasteiger partial charge in [0.05, 0.1) is 10.7 Å². The Balaban J connectivity index is 2.44. The zero-order valence-electron chi connectivity index (χ0n) is 11.6. The lowest BCUT2D eigenvalue weighted by molar-refractivity contribution is 0.781. The van der Waals surface area contributed by atoms with Crippen LogP contribution in [-0.4, -0.2) is 15.2 Å². The van der Waals surface area contributed by atoms with Crippen molar-refractivity contribution < 1.29 is 0 Å². The van der Waals surface area contributed by atoms with E-state index in [2.05, 4.69) is 29.0 Å². The van der Waals surface area contributed by atoms with Gasteiger partial charge < -0.3 is 5.73 Å². The maximum absolute atomic E-state index is 6.14. The summed E-state index contributed by atoms with van der Waals surface area (Å²) in [5, 5.41) is 10.7. The molecular formula is C14H17ClN4S. The Kier molecular flexibility index (Phi) is 5.34. The third kappa shape index (κ3) is 3.11. The molecule has 2 heterocycles. The van der Waals surface area contributed by atoms with Crippen LogP contribution in [0.3, 0.4) is 0 Å². The number of nitrogens with zero attached hydrogens (tertiary/aromatic N) is 3. The fourth-order valence-electron chi connectivity index (χ4n) is 2.06. The molecule has 2 aromatic rings. The lowest BCUT2D eigenvalue weighted by Gasteiger charge is -2.13. The third-order valence-electron chi connectivity index (χ3n) is 3.04. The standard InChI is InChI=1S/C14H17ClN4S/c1-3-9-10(8-16)13(19-18-12(9)4-2)20-14-11(15)6-5-7-17-14/h5-7H,3-4,8,16H2,1-2H3. The zero-order chi connectivity index (χ0) is 14.5. The SMILES string of the molecule is CCc1nnc(Sc2ncccc2Cl)c(CN)c1CC. The highest BCUT2D eigenvalue weighted by Crippen LogP contribution is 2.33. The summed E-state index contributed by atoms with van der Waals surface area (Å²) in [6.07, 6.45) is 3.47. The van der Waals surface area contributed by atoms with Crippen LogP contribution < -0.4 is 5.73 Å². The van der Waals surface area contributed by atoms with E-state index in [0.29, 0.717) is 11.6 Å². The molecule has 0 unspecified atom stereocenters. The molecule has 0 fully saturated rings. The van der Waals surface area contributed by atoms with Crippen LogP contribution in [-0.2, 0) is 19.4 Å². The molecule has 20 heavy (non-hydrogen) atoms. The smallest absolute Gasteiger partial charge is 0.130 e. The van der Waals surface area contributed by atoms with E-state index in [-0.39, 0.29) is 0 Å². The van der Waals surface area contributed by atoms with Gasteiger partial charge in [-0.05, 0) is 42.3 Å². The Labute approximate surface area is 128 Å². The van der Waals surface area contributed by atoms with E-state index in [1.807, 2.05) is 6.07 Å². The quantitative estimate of drug-likeness (QED) is 0.918.